The molecular weight excluding hydrogens is 505 g/mol. The van der Waals surface area contributed by atoms with Gasteiger partial charge in [-0.25, -0.2) is 22.5 Å². The second-order valence-corrected chi connectivity index (χ2v) is 14.1. The first-order valence-corrected chi connectivity index (χ1v) is 16.0. The Morgan fingerprint density at radius 1 is 1.24 bits per heavy atom. The van der Waals surface area contributed by atoms with Crippen LogP contribution in [-0.2, 0) is 14.8 Å². The normalized spacial score (nSPS) is 32.1. The van der Waals surface area contributed by atoms with Crippen LogP contribution < -0.4 is 4.72 Å². The van der Waals surface area contributed by atoms with Crippen molar-refractivity contribution in [1.29, 1.82) is 0 Å². The van der Waals surface area contributed by atoms with E-state index in [1.807, 2.05) is 10.6 Å². The molecule has 2 aliphatic heterocycles. The van der Waals surface area contributed by atoms with Crippen molar-refractivity contribution in [2.45, 2.75) is 82.9 Å². The number of ether oxygens (including phenoxy) is 1. The molecule has 6 atom stereocenters. The van der Waals surface area contributed by atoms with E-state index in [-0.39, 0.29) is 40.9 Å². The molecule has 7 nitrogen and oxygen atoms in total. The molecule has 0 radical (unpaired) electrons. The third kappa shape index (κ3) is 4.84. The molecule has 2 bridgehead atoms. The highest BCUT2D eigenvalue weighted by Crippen LogP contribution is 2.54. The van der Waals surface area contributed by atoms with E-state index in [2.05, 4.69) is 16.6 Å². The zero-order valence-electron chi connectivity index (χ0n) is 22.2. The van der Waals surface area contributed by atoms with Crippen molar-refractivity contribution < 1.29 is 22.7 Å². The summed E-state index contributed by atoms with van der Waals surface area (Å²) in [7, 11) is -3.39. The molecule has 2 N–H and O–H groups in total. The van der Waals surface area contributed by atoms with Gasteiger partial charge in [-0.2, -0.15) is 0 Å². The largest absolute Gasteiger partial charge is 0.392 e. The van der Waals surface area contributed by atoms with Crippen molar-refractivity contribution in [3.63, 3.8) is 0 Å². The lowest BCUT2D eigenvalue weighted by Gasteiger charge is -2.52. The minimum Gasteiger partial charge on any atom is -0.392 e. The lowest BCUT2D eigenvalue weighted by atomic mass is 9.56. The maximum absolute atomic E-state index is 15.0. The number of fused-ring (bicyclic) bond motifs is 5. The highest BCUT2D eigenvalue weighted by Gasteiger charge is 2.49. The quantitative estimate of drug-likeness (QED) is 0.503. The molecular formula is C29H40FN3O4S. The molecule has 0 spiro atoms. The van der Waals surface area contributed by atoms with E-state index < -0.39 is 16.1 Å². The van der Waals surface area contributed by atoms with E-state index in [0.717, 1.165) is 62.6 Å². The van der Waals surface area contributed by atoms with Gasteiger partial charge in [0.1, 0.15) is 5.82 Å². The van der Waals surface area contributed by atoms with Crippen LogP contribution in [0.1, 0.15) is 76.3 Å². The summed E-state index contributed by atoms with van der Waals surface area (Å²) in [5.41, 5.74) is 2.07. The van der Waals surface area contributed by atoms with E-state index >= 15 is 4.39 Å². The summed E-state index contributed by atoms with van der Waals surface area (Å²) in [6.45, 7) is 3.42. The molecule has 2 saturated carbocycles. The summed E-state index contributed by atoms with van der Waals surface area (Å²) in [5, 5.41) is 11.8. The Balaban J connectivity index is 1.19. The molecule has 9 heteroatoms. The second kappa shape index (κ2) is 10.3. The molecule has 208 valence electrons. The summed E-state index contributed by atoms with van der Waals surface area (Å²) in [4.78, 5) is 4.30. The Kier molecular flexibility index (Phi) is 7.16. The van der Waals surface area contributed by atoms with Gasteiger partial charge in [-0.05, 0) is 87.0 Å². The van der Waals surface area contributed by atoms with E-state index in [1.165, 1.54) is 6.07 Å². The monoisotopic (exact) mass is 545 g/mol. The molecule has 38 heavy (non-hydrogen) atoms. The van der Waals surface area contributed by atoms with Gasteiger partial charge in [0.25, 0.3) is 0 Å². The number of rotatable bonds is 8. The molecule has 1 aromatic heterocycles. The number of hydrogen-bond donors (Lipinski definition) is 2. The smallest absolute Gasteiger partial charge is 0.212 e. The lowest BCUT2D eigenvalue weighted by Crippen LogP contribution is -2.52. The zero-order valence-corrected chi connectivity index (χ0v) is 23.0. The van der Waals surface area contributed by atoms with Crippen LogP contribution in [0.2, 0.25) is 0 Å². The molecule has 3 fully saturated rings. The Morgan fingerprint density at radius 3 is 2.84 bits per heavy atom. The topological polar surface area (TPSA) is 93.5 Å². The summed E-state index contributed by atoms with van der Waals surface area (Å²) >= 11 is 0. The molecule has 2 aromatic rings. The number of hydrogen-bond acceptors (Lipinski definition) is 5. The predicted octanol–water partition coefficient (Wildman–Crippen LogP) is 4.66. The van der Waals surface area contributed by atoms with Crippen LogP contribution in [0.4, 0.5) is 4.39 Å². The average molecular weight is 546 g/mol. The van der Waals surface area contributed by atoms with Crippen molar-refractivity contribution in [3.05, 3.63) is 42.1 Å². The first-order valence-electron chi connectivity index (χ1n) is 14.3. The van der Waals surface area contributed by atoms with Crippen LogP contribution in [0.5, 0.6) is 0 Å². The lowest BCUT2D eigenvalue weighted by molar-refractivity contribution is -0.0657. The van der Waals surface area contributed by atoms with Gasteiger partial charge in [0, 0.05) is 30.4 Å². The number of aliphatic hydroxyl groups is 1. The van der Waals surface area contributed by atoms with Crippen molar-refractivity contribution in [2.75, 3.05) is 19.0 Å². The number of halogens is 1. The molecule has 2 aliphatic carbocycles. The van der Waals surface area contributed by atoms with Gasteiger partial charge < -0.3 is 14.4 Å². The first-order chi connectivity index (χ1) is 18.3. The van der Waals surface area contributed by atoms with Gasteiger partial charge >= 0.3 is 0 Å². The van der Waals surface area contributed by atoms with Crippen LogP contribution >= 0.6 is 0 Å². The van der Waals surface area contributed by atoms with Crippen molar-refractivity contribution in [3.8, 4) is 11.3 Å². The Morgan fingerprint density at radius 2 is 2.05 bits per heavy atom. The minimum absolute atomic E-state index is 0.0839. The highest BCUT2D eigenvalue weighted by atomic mass is 32.2. The van der Waals surface area contributed by atoms with E-state index in [0.29, 0.717) is 31.1 Å². The molecule has 5 unspecified atom stereocenters. The number of imidazole rings is 1. The van der Waals surface area contributed by atoms with Crippen LogP contribution in [0, 0.1) is 29.0 Å². The number of aromatic nitrogens is 2. The molecule has 4 aliphatic rings. The van der Waals surface area contributed by atoms with Crippen LogP contribution in [0.25, 0.3) is 11.3 Å². The fourth-order valence-electron chi connectivity index (χ4n) is 8.10. The number of nitrogens with one attached hydrogen (secondary N) is 1. The molecule has 1 saturated heterocycles. The summed E-state index contributed by atoms with van der Waals surface area (Å²) in [6.07, 6.45) is 10.3. The summed E-state index contributed by atoms with van der Waals surface area (Å²) < 4.78 is 51.8. The maximum atomic E-state index is 15.0. The minimum atomic E-state index is -3.39. The van der Waals surface area contributed by atoms with E-state index in [9.17, 15) is 13.5 Å². The Labute approximate surface area is 225 Å². The van der Waals surface area contributed by atoms with Gasteiger partial charge in [-0.1, -0.05) is 19.1 Å². The van der Waals surface area contributed by atoms with Gasteiger partial charge in [-0.3, -0.25) is 0 Å². The number of nitrogens with zero attached hydrogens (tertiary/aromatic N) is 2. The highest BCUT2D eigenvalue weighted by molar-refractivity contribution is 7.89. The standard InChI is InChI=1S/C29H40FN3O4S/c1-2-29(27(34)13-25-28-22(4-3-5-23(28)30)26-16-31-18-33(25)26)14-20-6-7-24(21(12-20)15-29)32-38(35,36)17-19-8-10-37-11-9-19/h3-5,16,18-21,24-25,27,32,34H,2,6-15,17H2,1H3/t20?,21-,24?,25?,27?,29?/m1/s1. The Hall–Kier alpha value is -1.81. The third-order valence-electron chi connectivity index (χ3n) is 10.1. The molecule has 0 amide bonds. The van der Waals surface area contributed by atoms with Gasteiger partial charge in [0.15, 0.2) is 0 Å². The maximum Gasteiger partial charge on any atom is 0.212 e. The van der Waals surface area contributed by atoms with Crippen molar-refractivity contribution >= 4 is 10.0 Å². The number of aliphatic hydroxyl groups excluding tert-OH is 1. The van der Waals surface area contributed by atoms with Crippen LogP contribution in [-0.4, -0.2) is 54.2 Å². The SMILES string of the molecule is CCC1(C(O)CC2c3c(F)cccc3-c3cncn32)CC2CCC(NS(=O)(=O)CC3CCOCC3)[C@H](C2)C1. The fraction of sp³-hybridized carbons (Fsp3) is 0.690. The number of sulfonamides is 1. The average Bonchev–Trinajstić information content (AvgIpc) is 3.49. The van der Waals surface area contributed by atoms with E-state index in [4.69, 9.17) is 4.74 Å². The van der Waals surface area contributed by atoms with Crippen LogP contribution in [0.3, 0.4) is 0 Å². The van der Waals surface area contributed by atoms with Gasteiger partial charge in [0.2, 0.25) is 10.0 Å². The first kappa shape index (κ1) is 26.4. The van der Waals surface area contributed by atoms with E-state index in [1.54, 1.807) is 18.6 Å². The summed E-state index contributed by atoms with van der Waals surface area (Å²) in [5.74, 6) is 0.774. The van der Waals surface area contributed by atoms with Gasteiger partial charge in [-0.15, -0.1) is 0 Å². The predicted molar refractivity (Wildman–Crippen MR) is 143 cm³/mol. The molecule has 3 heterocycles. The third-order valence-corrected chi connectivity index (χ3v) is 11.7. The van der Waals surface area contributed by atoms with Crippen molar-refractivity contribution in [2.24, 2.45) is 23.2 Å². The van der Waals surface area contributed by atoms with Gasteiger partial charge in [0.05, 0.1) is 36.1 Å². The second-order valence-electron chi connectivity index (χ2n) is 12.3. The fourth-order valence-corrected chi connectivity index (χ4v) is 9.92. The summed E-state index contributed by atoms with van der Waals surface area (Å²) in [6, 6.07) is 4.77. The molecule has 6 rings (SSSR count). The van der Waals surface area contributed by atoms with Crippen molar-refractivity contribution in [1.82, 2.24) is 14.3 Å². The zero-order chi connectivity index (χ0) is 26.5. The number of benzene rings is 1. The Bertz CT molecular complexity index is 1260. The molecule has 1 aromatic carbocycles. The van der Waals surface area contributed by atoms with Crippen LogP contribution in [0.15, 0.2) is 30.7 Å².